The molecule has 2 aliphatic rings. The van der Waals surface area contributed by atoms with Crippen LogP contribution in [0, 0.1) is 5.92 Å². The molecule has 6 atom stereocenters. The molecule has 0 saturated carbocycles. The number of carbonyl (C=O) groups is 4. The van der Waals surface area contributed by atoms with Crippen LogP contribution in [0.4, 0.5) is 0 Å². The van der Waals surface area contributed by atoms with Crippen LogP contribution in [0.1, 0.15) is 42.7 Å². The lowest BCUT2D eigenvalue weighted by Gasteiger charge is -2.39. The molecular weight excluding hydrogens is 491 g/mol. The van der Waals surface area contributed by atoms with Crippen LogP contribution in [0.2, 0.25) is 5.82 Å². The van der Waals surface area contributed by atoms with Gasteiger partial charge in [0.2, 0.25) is 0 Å². The monoisotopic (exact) mass is 524 g/mol. The third kappa shape index (κ3) is 5.46. The van der Waals surface area contributed by atoms with Crippen molar-refractivity contribution >= 4 is 30.3 Å². The minimum absolute atomic E-state index is 0.0261. The van der Waals surface area contributed by atoms with Gasteiger partial charge < -0.3 is 24.2 Å². The molecule has 2 bridgehead atoms. The van der Waals surface area contributed by atoms with E-state index in [-0.39, 0.29) is 30.2 Å². The lowest BCUT2D eigenvalue weighted by Crippen LogP contribution is -3.20. The van der Waals surface area contributed by atoms with Crippen molar-refractivity contribution in [3.05, 3.63) is 60.2 Å². The van der Waals surface area contributed by atoms with Gasteiger partial charge in [0.25, 0.3) is 5.91 Å². The number of fused-ring (bicyclic) bond motifs is 2. The number of rotatable bonds is 11. The number of esters is 1. The number of amides is 1. The maximum absolute atomic E-state index is 13.9. The molecule has 38 heavy (non-hydrogen) atoms. The van der Waals surface area contributed by atoms with E-state index >= 15 is 0 Å². The molecule has 2 fully saturated rings. The predicted octanol–water partition coefficient (Wildman–Crippen LogP) is 0.144. The SMILES string of the molecule is COC(=O)[C@@H]1O[B-]2([C@@H](CC(=O)[C@H](Cc3ccccc3)NC(=O)c3cnccn3)CC(C)C)OC(=O)[C@H]1[NH+]2C. The molecule has 1 amide bonds. The van der Waals surface area contributed by atoms with Crippen molar-refractivity contribution in [1.29, 1.82) is 0 Å². The second-order valence-electron chi connectivity index (χ2n) is 10.4. The Hall–Kier alpha value is -3.64. The molecule has 0 aliphatic carbocycles. The maximum Gasteiger partial charge on any atom is 0.530 e. The van der Waals surface area contributed by atoms with Crippen molar-refractivity contribution in [2.24, 2.45) is 5.92 Å². The van der Waals surface area contributed by atoms with E-state index < -0.39 is 48.5 Å². The number of methoxy groups -OCH3 is 1. The summed E-state index contributed by atoms with van der Waals surface area (Å²) in [5, 5.41) is 2.81. The summed E-state index contributed by atoms with van der Waals surface area (Å²) in [4.78, 5) is 60.5. The summed E-state index contributed by atoms with van der Waals surface area (Å²) < 4.78 is 16.8. The highest BCUT2D eigenvalue weighted by molar-refractivity contribution is 6.65. The molecule has 0 radical (unpaired) electrons. The number of hydrogen-bond donors (Lipinski definition) is 2. The number of aromatic nitrogens is 2. The number of likely N-dealkylation sites (N-methyl/N-ethyl adjacent to an activating group) is 1. The average Bonchev–Trinajstić information content (AvgIpc) is 3.34. The molecule has 2 unspecified atom stereocenters. The van der Waals surface area contributed by atoms with Crippen molar-refractivity contribution in [2.75, 3.05) is 14.2 Å². The van der Waals surface area contributed by atoms with Crippen LogP contribution >= 0.6 is 0 Å². The lowest BCUT2D eigenvalue weighted by atomic mass is 9.53. The van der Waals surface area contributed by atoms with Crippen LogP contribution in [-0.2, 0) is 34.9 Å². The third-order valence-electron chi connectivity index (χ3n) is 7.39. The lowest BCUT2D eigenvalue weighted by molar-refractivity contribution is -0.785. The summed E-state index contributed by atoms with van der Waals surface area (Å²) in [6.07, 6.45) is 3.84. The summed E-state index contributed by atoms with van der Waals surface area (Å²) >= 11 is 0. The minimum atomic E-state index is -2.38. The number of carbonyl (C=O) groups excluding carboxylic acids is 4. The second-order valence-corrected chi connectivity index (χ2v) is 10.4. The fourth-order valence-electron chi connectivity index (χ4n) is 5.62. The molecule has 3 heterocycles. The van der Waals surface area contributed by atoms with E-state index in [9.17, 15) is 19.2 Å². The van der Waals surface area contributed by atoms with E-state index in [1.54, 1.807) is 7.05 Å². The van der Waals surface area contributed by atoms with Crippen molar-refractivity contribution in [3.63, 3.8) is 0 Å². The maximum atomic E-state index is 13.9. The van der Waals surface area contributed by atoms with Crippen molar-refractivity contribution in [1.82, 2.24) is 15.3 Å². The first-order chi connectivity index (χ1) is 18.2. The van der Waals surface area contributed by atoms with E-state index in [0.29, 0.717) is 11.2 Å². The first-order valence-corrected chi connectivity index (χ1v) is 12.8. The topological polar surface area (TPSA) is 138 Å². The van der Waals surface area contributed by atoms with E-state index in [1.165, 1.54) is 25.7 Å². The largest absolute Gasteiger partial charge is 0.610 e. The van der Waals surface area contributed by atoms with Crippen molar-refractivity contribution < 1.29 is 38.0 Å². The number of nitrogens with zero attached hydrogens (tertiary/aromatic N) is 2. The van der Waals surface area contributed by atoms with E-state index in [1.807, 2.05) is 44.2 Å². The van der Waals surface area contributed by atoms with Crippen LogP contribution in [0.25, 0.3) is 0 Å². The van der Waals surface area contributed by atoms with Crippen LogP contribution in [-0.4, -0.2) is 72.6 Å². The van der Waals surface area contributed by atoms with Crippen molar-refractivity contribution in [2.45, 2.75) is 57.1 Å². The Morgan fingerprint density at radius 2 is 1.92 bits per heavy atom. The number of nitrogens with one attached hydrogen (secondary N) is 2. The van der Waals surface area contributed by atoms with E-state index in [0.717, 1.165) is 5.56 Å². The van der Waals surface area contributed by atoms with E-state index in [4.69, 9.17) is 14.0 Å². The molecule has 4 rings (SSSR count). The van der Waals surface area contributed by atoms with Gasteiger partial charge in [-0.3, -0.25) is 14.6 Å². The molecule has 2 N–H and O–H groups in total. The summed E-state index contributed by atoms with van der Waals surface area (Å²) in [7, 11) is 2.98. The van der Waals surface area contributed by atoms with Crippen molar-refractivity contribution in [3.8, 4) is 0 Å². The molecule has 202 valence electrons. The highest BCUT2D eigenvalue weighted by Gasteiger charge is 2.70. The zero-order valence-corrected chi connectivity index (χ0v) is 22.0. The normalized spacial score (nSPS) is 25.5. The molecule has 1 aromatic heterocycles. The Kier molecular flexibility index (Phi) is 8.22. The molecule has 0 spiro atoms. The summed E-state index contributed by atoms with van der Waals surface area (Å²) in [5.41, 5.74) is 0.962. The third-order valence-corrected chi connectivity index (χ3v) is 7.39. The van der Waals surface area contributed by atoms with Gasteiger partial charge in [0.15, 0.2) is 17.9 Å². The number of quaternary nitrogens is 1. The highest BCUT2D eigenvalue weighted by atomic mass is 16.7. The molecule has 2 saturated heterocycles. The van der Waals surface area contributed by atoms with Gasteiger partial charge in [0.1, 0.15) is 5.69 Å². The van der Waals surface area contributed by atoms with Gasteiger partial charge in [-0.25, -0.2) is 14.6 Å². The van der Waals surface area contributed by atoms with Gasteiger partial charge >= 0.3 is 18.6 Å². The Morgan fingerprint density at radius 3 is 2.55 bits per heavy atom. The fourth-order valence-corrected chi connectivity index (χ4v) is 5.62. The number of ketones is 1. The second kappa shape index (κ2) is 11.4. The number of ether oxygens (including phenoxy) is 1. The van der Waals surface area contributed by atoms with Crippen LogP contribution < -0.4 is 10.1 Å². The van der Waals surface area contributed by atoms with Gasteiger partial charge in [-0.15, -0.1) is 0 Å². The summed E-state index contributed by atoms with van der Waals surface area (Å²) in [6, 6.07) is 7.62. The van der Waals surface area contributed by atoms with Crippen LogP contribution in [0.15, 0.2) is 48.9 Å². The fraction of sp³-hybridized carbons (Fsp3) is 0.462. The Morgan fingerprint density at radius 1 is 1.18 bits per heavy atom. The van der Waals surface area contributed by atoms with Gasteiger partial charge in [-0.1, -0.05) is 50.6 Å². The number of hydrogen-bond acceptors (Lipinski definition) is 9. The van der Waals surface area contributed by atoms with E-state index in [2.05, 4.69) is 15.3 Å². The highest BCUT2D eigenvalue weighted by Crippen LogP contribution is 2.39. The number of Topliss-reactive ketones (excluding diaryl/α,β-unsaturated/α-hetero) is 1. The number of benzene rings is 1. The first-order valence-electron chi connectivity index (χ1n) is 12.8. The van der Waals surface area contributed by atoms with Gasteiger partial charge in [0, 0.05) is 19.4 Å². The molecule has 2 aliphatic heterocycles. The quantitative estimate of drug-likeness (QED) is 0.311. The van der Waals surface area contributed by atoms with Gasteiger partial charge in [-0.2, -0.15) is 0 Å². The zero-order chi connectivity index (χ0) is 27.4. The van der Waals surface area contributed by atoms with Gasteiger partial charge in [0.05, 0.1) is 19.3 Å². The molecule has 2 aromatic rings. The van der Waals surface area contributed by atoms with Crippen LogP contribution in [0.3, 0.4) is 0 Å². The molecular formula is C26H33BN4O7. The standard InChI is InChI=1S/C26H33BN4O7/c1-16(2)12-18(27-31(3)22(25(34)38-27)23(37-27)26(35)36-4)14-21(32)19(13-17-8-6-5-7-9-17)30-24(33)20-15-28-10-11-29-20/h5-11,15-16,18-19,22-23,31H,12-14H2,1-4H3,(H,30,33)/t18-,19+,22+,23-,27?/m1/s1. The Labute approximate surface area is 221 Å². The zero-order valence-electron chi connectivity index (χ0n) is 22.0. The van der Waals surface area contributed by atoms with Gasteiger partial charge in [-0.05, 0) is 30.1 Å². The average molecular weight is 524 g/mol. The predicted molar refractivity (Wildman–Crippen MR) is 136 cm³/mol. The molecule has 11 nitrogen and oxygen atoms in total. The minimum Gasteiger partial charge on any atom is -0.610 e. The summed E-state index contributed by atoms with van der Waals surface area (Å²) in [5.74, 6) is -2.33. The molecule has 1 aromatic carbocycles. The Bertz CT molecular complexity index is 1180. The smallest absolute Gasteiger partial charge is 0.530 e. The Balaban J connectivity index is 1.61. The molecule has 12 heteroatoms. The van der Waals surface area contributed by atoms with Crippen LogP contribution in [0.5, 0.6) is 0 Å². The summed E-state index contributed by atoms with van der Waals surface area (Å²) in [6.45, 7) is 1.62. The first kappa shape index (κ1) is 27.4.